The van der Waals surface area contributed by atoms with Crippen molar-refractivity contribution in [1.29, 1.82) is 0 Å². The van der Waals surface area contributed by atoms with Crippen LogP contribution in [0.3, 0.4) is 0 Å². The van der Waals surface area contributed by atoms with Crippen molar-refractivity contribution in [3.05, 3.63) is 41.1 Å². The zero-order valence-electron chi connectivity index (χ0n) is 7.19. The third kappa shape index (κ3) is 1.38. The largest absolute Gasteiger partial charge is 0.329 e. The van der Waals surface area contributed by atoms with E-state index in [1.807, 2.05) is 13.2 Å². The Hall–Kier alpha value is -1.84. The molecule has 66 valence electrons. The van der Waals surface area contributed by atoms with E-state index in [0.717, 1.165) is 5.56 Å². The molecule has 0 spiro atoms. The average molecular weight is 175 g/mol. The van der Waals surface area contributed by atoms with Crippen LogP contribution in [0.1, 0.15) is 0 Å². The number of hydrogen-bond acceptors (Lipinski definition) is 2. The van der Waals surface area contributed by atoms with E-state index in [4.69, 9.17) is 0 Å². The highest BCUT2D eigenvalue weighted by Crippen LogP contribution is 2.11. The third-order valence-electron chi connectivity index (χ3n) is 1.83. The molecule has 0 fully saturated rings. The van der Waals surface area contributed by atoms with Crippen LogP contribution in [-0.2, 0) is 7.05 Å². The summed E-state index contributed by atoms with van der Waals surface area (Å²) in [6, 6.07) is 3.57. The van der Waals surface area contributed by atoms with E-state index in [0.29, 0.717) is 5.56 Å². The number of pyridine rings is 1. The Morgan fingerprint density at radius 1 is 1.54 bits per heavy atom. The van der Waals surface area contributed by atoms with E-state index in [9.17, 15) is 4.79 Å². The summed E-state index contributed by atoms with van der Waals surface area (Å²) in [4.78, 5) is 14.0. The first-order chi connectivity index (χ1) is 6.27. The van der Waals surface area contributed by atoms with Gasteiger partial charge >= 0.3 is 0 Å². The number of nitrogens with zero attached hydrogens (tertiary/aromatic N) is 2. The molecule has 4 nitrogen and oxygen atoms in total. The Kier molecular flexibility index (Phi) is 1.73. The molecule has 2 rings (SSSR count). The number of aryl methyl sites for hydroxylation is 1. The number of rotatable bonds is 1. The van der Waals surface area contributed by atoms with E-state index in [-0.39, 0.29) is 5.56 Å². The Labute approximate surface area is 74.8 Å². The van der Waals surface area contributed by atoms with Crippen LogP contribution in [0, 0.1) is 0 Å². The van der Waals surface area contributed by atoms with Crippen molar-refractivity contribution in [2.75, 3.05) is 0 Å². The van der Waals surface area contributed by atoms with Gasteiger partial charge in [-0.1, -0.05) is 0 Å². The van der Waals surface area contributed by atoms with E-state index in [2.05, 4.69) is 10.1 Å². The van der Waals surface area contributed by atoms with Crippen LogP contribution in [0.15, 0.2) is 35.5 Å². The monoisotopic (exact) mass is 175 g/mol. The maximum atomic E-state index is 11.3. The average Bonchev–Trinajstić information content (AvgIpc) is 2.53. The lowest BCUT2D eigenvalue weighted by molar-refractivity contribution is 0.768. The molecule has 0 saturated carbocycles. The van der Waals surface area contributed by atoms with Crippen LogP contribution >= 0.6 is 0 Å². The fourth-order valence-electron chi connectivity index (χ4n) is 1.21. The van der Waals surface area contributed by atoms with Gasteiger partial charge in [0.2, 0.25) is 0 Å². The lowest BCUT2D eigenvalue weighted by atomic mass is 10.2. The van der Waals surface area contributed by atoms with Crippen LogP contribution in [-0.4, -0.2) is 14.8 Å². The van der Waals surface area contributed by atoms with Crippen molar-refractivity contribution < 1.29 is 0 Å². The maximum absolute atomic E-state index is 11.3. The molecule has 2 aromatic rings. The van der Waals surface area contributed by atoms with E-state index in [1.54, 1.807) is 29.2 Å². The number of aromatic amines is 1. The summed E-state index contributed by atoms with van der Waals surface area (Å²) >= 11 is 0. The van der Waals surface area contributed by atoms with Gasteiger partial charge < -0.3 is 4.98 Å². The molecule has 0 aliphatic carbocycles. The van der Waals surface area contributed by atoms with Crippen LogP contribution in [0.25, 0.3) is 11.1 Å². The third-order valence-corrected chi connectivity index (χ3v) is 1.83. The summed E-state index contributed by atoms with van der Waals surface area (Å²) in [6.07, 6.45) is 5.09. The van der Waals surface area contributed by atoms with Crippen LogP contribution in [0.5, 0.6) is 0 Å². The number of H-pyrrole nitrogens is 1. The molecule has 0 aromatic carbocycles. The lowest BCUT2D eigenvalue weighted by Gasteiger charge is -1.92. The highest BCUT2D eigenvalue weighted by atomic mass is 16.1. The minimum Gasteiger partial charge on any atom is -0.329 e. The first kappa shape index (κ1) is 7.79. The van der Waals surface area contributed by atoms with E-state index < -0.39 is 0 Å². The summed E-state index contributed by atoms with van der Waals surface area (Å²) < 4.78 is 1.67. The number of hydrogen-bond donors (Lipinski definition) is 1. The van der Waals surface area contributed by atoms with Crippen molar-refractivity contribution in [3.8, 4) is 11.1 Å². The molecule has 0 unspecified atom stereocenters. The van der Waals surface area contributed by atoms with Gasteiger partial charge in [-0.2, -0.15) is 5.10 Å². The highest BCUT2D eigenvalue weighted by molar-refractivity contribution is 5.59. The first-order valence-electron chi connectivity index (χ1n) is 3.94. The second-order valence-corrected chi connectivity index (χ2v) is 2.82. The predicted molar refractivity (Wildman–Crippen MR) is 49.3 cm³/mol. The second-order valence-electron chi connectivity index (χ2n) is 2.82. The number of nitrogens with one attached hydrogen (secondary N) is 1. The van der Waals surface area contributed by atoms with Crippen LogP contribution in [0.4, 0.5) is 0 Å². The topological polar surface area (TPSA) is 50.7 Å². The van der Waals surface area contributed by atoms with Crippen molar-refractivity contribution in [1.82, 2.24) is 14.8 Å². The van der Waals surface area contributed by atoms with Gasteiger partial charge in [-0.3, -0.25) is 9.48 Å². The summed E-state index contributed by atoms with van der Waals surface area (Å²) in [5.74, 6) is 0. The Balaban J connectivity index is 2.59. The molecule has 0 atom stereocenters. The molecule has 0 aliphatic rings. The molecule has 0 amide bonds. The van der Waals surface area contributed by atoms with Gasteiger partial charge in [0.15, 0.2) is 0 Å². The van der Waals surface area contributed by atoms with Gasteiger partial charge in [0.05, 0.1) is 11.8 Å². The summed E-state index contributed by atoms with van der Waals surface area (Å²) in [6.45, 7) is 0. The minimum absolute atomic E-state index is 0.0875. The molecule has 13 heavy (non-hydrogen) atoms. The quantitative estimate of drug-likeness (QED) is 0.696. The Morgan fingerprint density at radius 3 is 3.00 bits per heavy atom. The normalized spacial score (nSPS) is 10.2. The maximum Gasteiger partial charge on any atom is 0.255 e. The fraction of sp³-hybridized carbons (Fsp3) is 0.111. The smallest absolute Gasteiger partial charge is 0.255 e. The zero-order valence-corrected chi connectivity index (χ0v) is 7.19. The summed E-state index contributed by atoms with van der Waals surface area (Å²) in [7, 11) is 1.82. The van der Waals surface area contributed by atoms with Gasteiger partial charge in [0.1, 0.15) is 0 Å². The highest BCUT2D eigenvalue weighted by Gasteiger charge is 2.02. The standard InChI is InChI=1S/C9H9N3O/c1-12-6-7(5-11-12)8-3-2-4-10-9(8)13/h2-6H,1H3,(H,10,13). The molecule has 0 saturated heterocycles. The van der Waals surface area contributed by atoms with Gasteiger partial charge in [-0.25, -0.2) is 0 Å². The fourth-order valence-corrected chi connectivity index (χ4v) is 1.21. The summed E-state index contributed by atoms with van der Waals surface area (Å²) in [5.41, 5.74) is 1.40. The van der Waals surface area contributed by atoms with E-state index >= 15 is 0 Å². The zero-order chi connectivity index (χ0) is 9.26. The molecular formula is C9H9N3O. The predicted octanol–water partition coefficient (Wildman–Crippen LogP) is 0.775. The molecule has 0 bridgehead atoms. The van der Waals surface area contributed by atoms with Crippen molar-refractivity contribution in [2.45, 2.75) is 0 Å². The van der Waals surface area contributed by atoms with Gasteiger partial charge in [-0.15, -0.1) is 0 Å². The van der Waals surface area contributed by atoms with Gasteiger partial charge in [0, 0.05) is 25.0 Å². The molecular weight excluding hydrogens is 166 g/mol. The molecule has 1 N–H and O–H groups in total. The van der Waals surface area contributed by atoms with E-state index in [1.165, 1.54) is 0 Å². The first-order valence-corrected chi connectivity index (χ1v) is 3.94. The minimum atomic E-state index is -0.0875. The molecule has 0 radical (unpaired) electrons. The lowest BCUT2D eigenvalue weighted by Crippen LogP contribution is -2.06. The Morgan fingerprint density at radius 2 is 2.38 bits per heavy atom. The van der Waals surface area contributed by atoms with Crippen molar-refractivity contribution in [2.24, 2.45) is 7.05 Å². The molecule has 0 aliphatic heterocycles. The van der Waals surface area contributed by atoms with Crippen molar-refractivity contribution >= 4 is 0 Å². The Bertz CT molecular complexity index is 469. The van der Waals surface area contributed by atoms with Crippen LogP contribution in [0.2, 0.25) is 0 Å². The van der Waals surface area contributed by atoms with Gasteiger partial charge in [-0.05, 0) is 12.1 Å². The molecule has 2 aromatic heterocycles. The second kappa shape index (κ2) is 2.90. The summed E-state index contributed by atoms with van der Waals surface area (Å²) in [5, 5.41) is 4.00. The number of aromatic nitrogens is 3. The van der Waals surface area contributed by atoms with Crippen molar-refractivity contribution in [3.63, 3.8) is 0 Å². The SMILES string of the molecule is Cn1cc(-c2ccc[nH]c2=O)cn1. The molecule has 4 heteroatoms. The van der Waals surface area contributed by atoms with Gasteiger partial charge in [0.25, 0.3) is 5.56 Å². The molecule has 2 heterocycles. The van der Waals surface area contributed by atoms with Crippen LogP contribution < -0.4 is 5.56 Å².